The molecule has 4 heterocycles. The van der Waals surface area contributed by atoms with Crippen LogP contribution in [-0.2, 0) is 6.42 Å². The van der Waals surface area contributed by atoms with Gasteiger partial charge in [-0.1, -0.05) is 6.92 Å². The quantitative estimate of drug-likeness (QED) is 0.485. The third-order valence-electron chi connectivity index (χ3n) is 5.81. The van der Waals surface area contributed by atoms with Gasteiger partial charge in [0, 0.05) is 42.7 Å². The Morgan fingerprint density at radius 2 is 1.84 bits per heavy atom. The summed E-state index contributed by atoms with van der Waals surface area (Å²) in [6, 6.07) is 11.8. The Hall–Kier alpha value is -3.19. The number of aryl methyl sites for hydroxylation is 1. The molecule has 1 aliphatic rings. The van der Waals surface area contributed by atoms with E-state index in [0.29, 0.717) is 40.7 Å². The fourth-order valence-electron chi connectivity index (χ4n) is 4.39. The first-order valence-corrected chi connectivity index (χ1v) is 11.2. The monoisotopic (exact) mass is 431 g/mol. The molecule has 1 aromatic carbocycles. The molecule has 2 N–H and O–H groups in total. The number of hydrogen-bond donors (Lipinski definition) is 2. The predicted molar refractivity (Wildman–Crippen MR) is 127 cm³/mol. The molecule has 1 fully saturated rings. The number of nitrogens with one attached hydrogen (secondary N) is 1. The summed E-state index contributed by atoms with van der Waals surface area (Å²) in [5.41, 5.74) is 4.34. The van der Waals surface area contributed by atoms with E-state index in [4.69, 9.17) is 14.4 Å². The molecule has 4 aromatic rings. The van der Waals surface area contributed by atoms with E-state index in [0.717, 1.165) is 36.4 Å². The van der Waals surface area contributed by atoms with Crippen LogP contribution in [0.3, 0.4) is 0 Å². The zero-order valence-electron chi connectivity index (χ0n) is 19.0. The molecule has 0 saturated carbocycles. The summed E-state index contributed by atoms with van der Waals surface area (Å²) in [6.45, 7) is 10.5. The maximum atomic E-state index is 10.6. The van der Waals surface area contributed by atoms with Gasteiger partial charge in [0.15, 0.2) is 11.5 Å². The van der Waals surface area contributed by atoms with Crippen LogP contribution in [-0.4, -0.2) is 44.7 Å². The maximum absolute atomic E-state index is 10.6. The second kappa shape index (κ2) is 7.74. The van der Waals surface area contributed by atoms with Gasteiger partial charge in [-0.05, 0) is 57.5 Å². The Kier molecular flexibility index (Phi) is 5.01. The summed E-state index contributed by atoms with van der Waals surface area (Å²) in [7, 11) is 0. The number of benzene rings is 1. The maximum Gasteiger partial charge on any atom is 0.195 e. The smallest absolute Gasteiger partial charge is 0.195 e. The fraction of sp³-hybridized carbons (Fsp3) is 0.400. The molecule has 0 bridgehead atoms. The number of phenolic OH excluding ortho intramolecular Hbond substituents is 1. The van der Waals surface area contributed by atoms with E-state index in [1.165, 1.54) is 0 Å². The van der Waals surface area contributed by atoms with Crippen LogP contribution in [0.5, 0.6) is 5.75 Å². The van der Waals surface area contributed by atoms with E-state index >= 15 is 0 Å². The molecule has 1 atom stereocenters. The third kappa shape index (κ3) is 4.00. The van der Waals surface area contributed by atoms with Crippen LogP contribution in [0.2, 0.25) is 0 Å². The van der Waals surface area contributed by atoms with E-state index in [-0.39, 0.29) is 11.3 Å². The normalized spacial score (nSPS) is 17.0. The first-order chi connectivity index (χ1) is 15.3. The highest BCUT2D eigenvalue weighted by Crippen LogP contribution is 2.34. The second-order valence-corrected chi connectivity index (χ2v) is 9.53. The van der Waals surface area contributed by atoms with Crippen LogP contribution in [0.15, 0.2) is 40.8 Å². The second-order valence-electron chi connectivity index (χ2n) is 9.53. The Labute approximate surface area is 187 Å². The highest BCUT2D eigenvalue weighted by atomic mass is 16.3. The van der Waals surface area contributed by atoms with Gasteiger partial charge in [-0.15, -0.1) is 0 Å². The van der Waals surface area contributed by atoms with Gasteiger partial charge in [0.2, 0.25) is 0 Å². The number of phenols is 1. The lowest BCUT2D eigenvalue weighted by Gasteiger charge is -2.26. The van der Waals surface area contributed by atoms with Crippen molar-refractivity contribution in [2.75, 3.05) is 18.0 Å². The summed E-state index contributed by atoms with van der Waals surface area (Å²) >= 11 is 0. The molecular weight excluding hydrogens is 402 g/mol. The molecule has 0 radical (unpaired) electrons. The number of aromatic hydroxyl groups is 1. The number of anilines is 1. The van der Waals surface area contributed by atoms with Crippen molar-refractivity contribution >= 4 is 28.0 Å². The van der Waals surface area contributed by atoms with Crippen molar-refractivity contribution in [1.29, 1.82) is 0 Å². The Bertz CT molecular complexity index is 1290. The average molecular weight is 432 g/mol. The third-order valence-corrected chi connectivity index (χ3v) is 5.81. The molecule has 7 heteroatoms. The number of aromatic nitrogens is 3. The SMILES string of the molecule is CCc1nc2cc(O)c(-c3ccc4nc(N5CC[C@H](NC(C)(C)C)C5)ccc4n3)cc2o1. The molecule has 166 valence electrons. The standard InChI is InChI=1S/C25H29N5O2/c1-5-24-28-20-13-21(31)16(12-22(20)32-24)17-6-7-19-18(26-17)8-9-23(27-19)30-11-10-15(14-30)29-25(2,3)4/h6-9,12-13,15,29,31H,5,10-11,14H2,1-4H3/t15-/m0/s1. The largest absolute Gasteiger partial charge is 0.507 e. The van der Waals surface area contributed by atoms with E-state index in [1.54, 1.807) is 12.1 Å². The molecule has 5 rings (SSSR count). The van der Waals surface area contributed by atoms with Gasteiger partial charge >= 0.3 is 0 Å². The number of rotatable bonds is 4. The van der Waals surface area contributed by atoms with Gasteiger partial charge in [0.05, 0.1) is 16.7 Å². The van der Waals surface area contributed by atoms with Gasteiger partial charge < -0.3 is 19.7 Å². The van der Waals surface area contributed by atoms with Gasteiger partial charge in [-0.25, -0.2) is 15.0 Å². The van der Waals surface area contributed by atoms with Gasteiger partial charge in [-0.2, -0.15) is 0 Å². The van der Waals surface area contributed by atoms with Crippen LogP contribution < -0.4 is 10.2 Å². The first kappa shape index (κ1) is 20.7. The lowest BCUT2D eigenvalue weighted by atomic mass is 10.1. The molecule has 3 aromatic heterocycles. The zero-order chi connectivity index (χ0) is 22.5. The summed E-state index contributed by atoms with van der Waals surface area (Å²) in [4.78, 5) is 16.3. The molecule has 0 amide bonds. The number of nitrogens with zero attached hydrogens (tertiary/aromatic N) is 4. The highest BCUT2D eigenvalue weighted by molar-refractivity contribution is 5.86. The van der Waals surface area contributed by atoms with Crippen LogP contribution in [0, 0.1) is 0 Å². The van der Waals surface area contributed by atoms with Crippen molar-refractivity contribution in [3.05, 3.63) is 42.3 Å². The highest BCUT2D eigenvalue weighted by Gasteiger charge is 2.26. The number of fused-ring (bicyclic) bond motifs is 2. The molecule has 32 heavy (non-hydrogen) atoms. The van der Waals surface area contributed by atoms with Gasteiger partial charge in [-0.3, -0.25) is 0 Å². The van der Waals surface area contributed by atoms with Crippen molar-refractivity contribution in [2.24, 2.45) is 0 Å². The summed E-state index contributed by atoms with van der Waals surface area (Å²) < 4.78 is 5.76. The van der Waals surface area contributed by atoms with Crippen molar-refractivity contribution < 1.29 is 9.52 Å². The van der Waals surface area contributed by atoms with E-state index in [9.17, 15) is 5.11 Å². The van der Waals surface area contributed by atoms with E-state index in [2.05, 4.69) is 36.0 Å². The van der Waals surface area contributed by atoms with Crippen molar-refractivity contribution in [1.82, 2.24) is 20.3 Å². The van der Waals surface area contributed by atoms with Crippen LogP contribution in [0.25, 0.3) is 33.4 Å². The predicted octanol–water partition coefficient (Wildman–Crippen LogP) is 4.67. The summed E-state index contributed by atoms with van der Waals surface area (Å²) in [5, 5.41) is 14.2. The fourth-order valence-corrected chi connectivity index (χ4v) is 4.39. The zero-order valence-corrected chi connectivity index (χ0v) is 19.0. The van der Waals surface area contributed by atoms with Crippen molar-refractivity contribution in [3.8, 4) is 17.0 Å². The molecule has 0 aliphatic carbocycles. The lowest BCUT2D eigenvalue weighted by molar-refractivity contribution is 0.373. The topological polar surface area (TPSA) is 87.3 Å². The van der Waals surface area contributed by atoms with Crippen LogP contribution in [0.4, 0.5) is 5.82 Å². The lowest BCUT2D eigenvalue weighted by Crippen LogP contribution is -2.44. The van der Waals surface area contributed by atoms with Gasteiger partial charge in [0.25, 0.3) is 0 Å². The molecule has 0 spiro atoms. The van der Waals surface area contributed by atoms with Gasteiger partial charge in [0.1, 0.15) is 17.1 Å². The summed E-state index contributed by atoms with van der Waals surface area (Å²) in [6.07, 6.45) is 1.81. The number of oxazole rings is 1. The molecule has 7 nitrogen and oxygen atoms in total. The number of hydrogen-bond acceptors (Lipinski definition) is 7. The van der Waals surface area contributed by atoms with E-state index in [1.807, 2.05) is 31.2 Å². The van der Waals surface area contributed by atoms with Crippen molar-refractivity contribution in [2.45, 2.75) is 52.1 Å². The Balaban J connectivity index is 1.42. The van der Waals surface area contributed by atoms with Crippen LogP contribution in [0.1, 0.15) is 40.0 Å². The Morgan fingerprint density at radius 3 is 2.62 bits per heavy atom. The minimum Gasteiger partial charge on any atom is -0.507 e. The molecule has 1 saturated heterocycles. The Morgan fingerprint density at radius 1 is 1.06 bits per heavy atom. The first-order valence-electron chi connectivity index (χ1n) is 11.2. The van der Waals surface area contributed by atoms with Crippen LogP contribution >= 0.6 is 0 Å². The molecule has 1 aliphatic heterocycles. The van der Waals surface area contributed by atoms with Crippen molar-refractivity contribution in [3.63, 3.8) is 0 Å². The minimum absolute atomic E-state index is 0.107. The summed E-state index contributed by atoms with van der Waals surface area (Å²) in [5.74, 6) is 1.77. The molecule has 0 unspecified atom stereocenters. The minimum atomic E-state index is 0.107. The van der Waals surface area contributed by atoms with E-state index < -0.39 is 0 Å². The average Bonchev–Trinajstić information content (AvgIpc) is 3.37. The number of pyridine rings is 2. The molecular formula is C25H29N5O2.